The molecule has 0 bridgehead atoms. The minimum atomic E-state index is -4.36. The lowest BCUT2D eigenvalue weighted by molar-refractivity contribution is -0.0931. The van der Waals surface area contributed by atoms with Gasteiger partial charge in [0, 0.05) is 12.0 Å². The first-order chi connectivity index (χ1) is 5.91. The molecule has 0 amide bonds. The predicted octanol–water partition coefficient (Wildman–Crippen LogP) is 3.68. The van der Waals surface area contributed by atoms with Crippen molar-refractivity contribution in [3.8, 4) is 0 Å². The molecule has 0 saturated heterocycles. The first kappa shape index (κ1) is 10.0. The summed E-state index contributed by atoms with van der Waals surface area (Å²) in [6.45, 7) is 1.35. The highest BCUT2D eigenvalue weighted by atomic mass is 19.4. The number of alkyl halides is 3. The second-order valence-corrected chi connectivity index (χ2v) is 2.85. The van der Waals surface area contributed by atoms with E-state index in [-0.39, 0.29) is 12.0 Å². The molecule has 13 heavy (non-hydrogen) atoms. The van der Waals surface area contributed by atoms with Gasteiger partial charge in [0.2, 0.25) is 0 Å². The predicted molar refractivity (Wildman–Crippen MR) is 41.7 cm³/mol. The largest absolute Gasteiger partial charge is 0.413 e. The molecule has 0 radical (unpaired) electrons. The third kappa shape index (κ3) is 2.44. The van der Waals surface area contributed by atoms with Crippen LogP contribution in [0.4, 0.5) is 17.6 Å². The Bertz CT molecular complexity index is 291. The molecule has 0 spiro atoms. The monoisotopic (exact) mass is 192 g/mol. The summed E-state index contributed by atoms with van der Waals surface area (Å²) in [6.07, 6.45) is -1.72. The molecule has 0 heterocycles. The fourth-order valence-corrected chi connectivity index (χ4v) is 1.01. The van der Waals surface area contributed by atoms with Gasteiger partial charge in [-0.15, -0.1) is 0 Å². The highest BCUT2D eigenvalue weighted by Gasteiger charge is 2.33. The molecule has 0 aliphatic heterocycles. The number of hydrogen-bond donors (Lipinski definition) is 0. The summed E-state index contributed by atoms with van der Waals surface area (Å²) in [5.74, 6) is -0.587. The van der Waals surface area contributed by atoms with Crippen molar-refractivity contribution in [3.05, 3.63) is 35.2 Å². The maximum absolute atomic E-state index is 12.8. The van der Waals surface area contributed by atoms with Gasteiger partial charge in [-0.25, -0.2) is 4.39 Å². The minimum Gasteiger partial charge on any atom is -0.207 e. The molecule has 0 fully saturated rings. The summed E-state index contributed by atoms with van der Waals surface area (Å²) in [5.41, 5.74) is -0.605. The van der Waals surface area contributed by atoms with Crippen molar-refractivity contribution < 1.29 is 17.6 Å². The minimum absolute atomic E-state index is 0.109. The van der Waals surface area contributed by atoms with Gasteiger partial charge < -0.3 is 0 Å². The Kier molecular flexibility index (Phi) is 2.59. The molecule has 0 atom stereocenters. The summed E-state index contributed by atoms with van der Waals surface area (Å²) < 4.78 is 49.3. The average molecular weight is 192 g/mol. The summed E-state index contributed by atoms with van der Waals surface area (Å²) in [4.78, 5) is 0. The average Bonchev–Trinajstić information content (AvgIpc) is 2.13. The Hall–Kier alpha value is -1.06. The lowest BCUT2D eigenvalue weighted by Crippen LogP contribution is -2.11. The Morgan fingerprint density at radius 2 is 1.92 bits per heavy atom. The molecule has 72 valence electrons. The van der Waals surface area contributed by atoms with E-state index in [4.69, 9.17) is 0 Å². The number of rotatable bonds is 0. The summed E-state index contributed by atoms with van der Waals surface area (Å²) in [6, 6.07) is 0. The fourth-order valence-electron chi connectivity index (χ4n) is 1.01. The number of hydrogen-bond acceptors (Lipinski definition) is 0. The summed E-state index contributed by atoms with van der Waals surface area (Å²) in [7, 11) is 0. The SMILES string of the molecule is CC1=C(F)C=CC=C(C(F)(F)F)C1. The van der Waals surface area contributed by atoms with E-state index >= 15 is 0 Å². The van der Waals surface area contributed by atoms with Gasteiger partial charge in [-0.3, -0.25) is 0 Å². The molecule has 0 aromatic rings. The van der Waals surface area contributed by atoms with Gasteiger partial charge in [0.05, 0.1) is 0 Å². The molecule has 0 N–H and O–H groups in total. The lowest BCUT2D eigenvalue weighted by Gasteiger charge is -2.10. The van der Waals surface area contributed by atoms with Gasteiger partial charge in [0.1, 0.15) is 5.83 Å². The smallest absolute Gasteiger partial charge is 0.207 e. The van der Waals surface area contributed by atoms with Gasteiger partial charge in [-0.2, -0.15) is 13.2 Å². The van der Waals surface area contributed by atoms with Crippen LogP contribution in [0.25, 0.3) is 0 Å². The van der Waals surface area contributed by atoms with Crippen molar-refractivity contribution in [2.45, 2.75) is 19.5 Å². The van der Waals surface area contributed by atoms with Gasteiger partial charge in [-0.1, -0.05) is 12.2 Å². The lowest BCUT2D eigenvalue weighted by atomic mass is 10.1. The fraction of sp³-hybridized carbons (Fsp3) is 0.333. The molecule has 0 unspecified atom stereocenters. The standard InChI is InChI=1S/C9H8F4/c1-6-5-7(9(11,12)13)3-2-4-8(6)10/h2-4H,5H2,1H3. The second kappa shape index (κ2) is 3.36. The normalized spacial score (nSPS) is 18.7. The third-order valence-electron chi connectivity index (χ3n) is 1.77. The van der Waals surface area contributed by atoms with Crippen molar-refractivity contribution in [1.82, 2.24) is 0 Å². The maximum atomic E-state index is 12.8. The van der Waals surface area contributed by atoms with E-state index in [1.165, 1.54) is 6.92 Å². The van der Waals surface area contributed by atoms with Crippen LogP contribution in [-0.4, -0.2) is 6.18 Å². The first-order valence-electron chi connectivity index (χ1n) is 3.71. The second-order valence-electron chi connectivity index (χ2n) is 2.85. The van der Waals surface area contributed by atoms with Crippen LogP contribution in [0.2, 0.25) is 0 Å². The van der Waals surface area contributed by atoms with E-state index in [1.54, 1.807) is 0 Å². The zero-order valence-corrected chi connectivity index (χ0v) is 6.95. The van der Waals surface area contributed by atoms with E-state index in [2.05, 4.69) is 0 Å². The molecule has 4 heteroatoms. The van der Waals surface area contributed by atoms with Crippen molar-refractivity contribution in [2.75, 3.05) is 0 Å². The molecule has 0 nitrogen and oxygen atoms in total. The highest BCUT2D eigenvalue weighted by molar-refractivity contribution is 5.33. The van der Waals surface area contributed by atoms with E-state index in [1.807, 2.05) is 0 Å². The molecular formula is C9H8F4. The Morgan fingerprint density at radius 3 is 2.46 bits per heavy atom. The zero-order valence-electron chi connectivity index (χ0n) is 6.95. The van der Waals surface area contributed by atoms with Crippen LogP contribution in [0.3, 0.4) is 0 Å². The van der Waals surface area contributed by atoms with Gasteiger partial charge >= 0.3 is 6.18 Å². The van der Waals surface area contributed by atoms with Crippen molar-refractivity contribution in [1.29, 1.82) is 0 Å². The van der Waals surface area contributed by atoms with E-state index in [0.717, 1.165) is 18.2 Å². The molecule has 1 aliphatic rings. The van der Waals surface area contributed by atoms with Crippen LogP contribution in [-0.2, 0) is 0 Å². The van der Waals surface area contributed by atoms with Crippen LogP contribution in [0.1, 0.15) is 13.3 Å². The number of allylic oxidation sites excluding steroid dienone is 6. The molecule has 0 saturated carbocycles. The first-order valence-corrected chi connectivity index (χ1v) is 3.71. The summed E-state index contributed by atoms with van der Waals surface area (Å²) in [5, 5.41) is 0. The van der Waals surface area contributed by atoms with E-state index < -0.39 is 17.6 Å². The van der Waals surface area contributed by atoms with Crippen molar-refractivity contribution in [3.63, 3.8) is 0 Å². The topological polar surface area (TPSA) is 0 Å². The maximum Gasteiger partial charge on any atom is 0.413 e. The van der Waals surface area contributed by atoms with Crippen LogP contribution in [0.15, 0.2) is 35.2 Å². The van der Waals surface area contributed by atoms with Gasteiger partial charge in [-0.05, 0) is 18.6 Å². The van der Waals surface area contributed by atoms with Gasteiger partial charge in [0.25, 0.3) is 0 Å². The van der Waals surface area contributed by atoms with Crippen molar-refractivity contribution in [2.24, 2.45) is 0 Å². The van der Waals surface area contributed by atoms with Crippen LogP contribution >= 0.6 is 0 Å². The molecule has 1 rings (SSSR count). The highest BCUT2D eigenvalue weighted by Crippen LogP contribution is 2.32. The van der Waals surface area contributed by atoms with Crippen molar-refractivity contribution >= 4 is 0 Å². The van der Waals surface area contributed by atoms with E-state index in [0.29, 0.717) is 0 Å². The molecule has 0 aromatic carbocycles. The Morgan fingerprint density at radius 1 is 1.31 bits per heavy atom. The quantitative estimate of drug-likeness (QED) is 0.513. The van der Waals surface area contributed by atoms with Crippen LogP contribution in [0.5, 0.6) is 0 Å². The van der Waals surface area contributed by atoms with Gasteiger partial charge in [0.15, 0.2) is 0 Å². The Balaban J connectivity index is 2.96. The zero-order chi connectivity index (χ0) is 10.1. The number of halogens is 4. The van der Waals surface area contributed by atoms with E-state index in [9.17, 15) is 17.6 Å². The molecule has 0 aromatic heterocycles. The Labute approximate surface area is 73.2 Å². The molecule has 1 aliphatic carbocycles. The van der Waals surface area contributed by atoms with Crippen LogP contribution < -0.4 is 0 Å². The van der Waals surface area contributed by atoms with Crippen LogP contribution in [0, 0.1) is 0 Å². The third-order valence-corrected chi connectivity index (χ3v) is 1.77. The molecular weight excluding hydrogens is 184 g/mol. The summed E-state index contributed by atoms with van der Waals surface area (Å²) >= 11 is 0.